The topological polar surface area (TPSA) is 63.3 Å². The first-order chi connectivity index (χ1) is 9.40. The molecule has 0 radical (unpaired) electrons. The van der Waals surface area contributed by atoms with Crippen molar-refractivity contribution in [1.29, 1.82) is 0 Å². The van der Waals surface area contributed by atoms with Gasteiger partial charge in [-0.15, -0.1) is 0 Å². The normalized spacial score (nSPS) is 11.1. The molecule has 1 aromatic heterocycles. The van der Waals surface area contributed by atoms with Gasteiger partial charge in [-0.25, -0.2) is 9.18 Å². The van der Waals surface area contributed by atoms with Gasteiger partial charge in [0.25, 0.3) is 0 Å². The first-order valence-corrected chi connectivity index (χ1v) is 6.86. The van der Waals surface area contributed by atoms with Gasteiger partial charge in [0.05, 0.1) is 4.47 Å². The Morgan fingerprint density at radius 1 is 1.50 bits per heavy atom. The first kappa shape index (κ1) is 14.7. The van der Waals surface area contributed by atoms with Crippen LogP contribution in [0.15, 0.2) is 27.2 Å². The quantitative estimate of drug-likeness (QED) is 0.907. The minimum Gasteiger partial charge on any atom is -0.477 e. The lowest BCUT2D eigenvalue weighted by Gasteiger charge is -2.03. The number of rotatable bonds is 4. The lowest BCUT2D eigenvalue weighted by atomic mass is 10.0. The van der Waals surface area contributed by atoms with Crippen LogP contribution in [-0.4, -0.2) is 16.2 Å². The molecular weight excluding hydrogens is 329 g/mol. The summed E-state index contributed by atoms with van der Waals surface area (Å²) in [4.78, 5) is 11.4. The summed E-state index contributed by atoms with van der Waals surface area (Å²) in [6, 6.07) is 4.21. The van der Waals surface area contributed by atoms with Crippen LogP contribution in [0.25, 0.3) is 11.3 Å². The third-order valence-corrected chi connectivity index (χ3v) is 3.37. The highest BCUT2D eigenvalue weighted by molar-refractivity contribution is 9.10. The van der Waals surface area contributed by atoms with Gasteiger partial charge in [-0.2, -0.15) is 0 Å². The van der Waals surface area contributed by atoms with Crippen molar-refractivity contribution in [2.24, 2.45) is 5.92 Å². The van der Waals surface area contributed by atoms with Gasteiger partial charge in [-0.1, -0.05) is 19.0 Å². The zero-order valence-corrected chi connectivity index (χ0v) is 12.6. The molecule has 4 nitrogen and oxygen atoms in total. The molecule has 0 aliphatic rings. The van der Waals surface area contributed by atoms with Crippen LogP contribution in [0.1, 0.15) is 30.0 Å². The van der Waals surface area contributed by atoms with Gasteiger partial charge in [-0.05, 0) is 40.0 Å². The highest BCUT2D eigenvalue weighted by Crippen LogP contribution is 2.30. The maximum Gasteiger partial charge on any atom is 0.341 e. The summed E-state index contributed by atoms with van der Waals surface area (Å²) < 4.78 is 18.6. The Morgan fingerprint density at radius 2 is 2.20 bits per heavy atom. The van der Waals surface area contributed by atoms with Crippen molar-refractivity contribution in [3.05, 3.63) is 39.8 Å². The average Bonchev–Trinajstić information content (AvgIpc) is 2.75. The molecular formula is C14H13BrFNO3. The predicted molar refractivity (Wildman–Crippen MR) is 75.1 cm³/mol. The molecule has 0 saturated carbocycles. The Labute approximate surface area is 123 Å². The lowest BCUT2D eigenvalue weighted by Crippen LogP contribution is -2.04. The van der Waals surface area contributed by atoms with Crippen molar-refractivity contribution in [2.45, 2.75) is 20.3 Å². The molecule has 0 aliphatic carbocycles. The van der Waals surface area contributed by atoms with E-state index in [0.29, 0.717) is 17.7 Å². The molecule has 0 amide bonds. The molecule has 0 fully saturated rings. The van der Waals surface area contributed by atoms with E-state index in [4.69, 9.17) is 4.52 Å². The molecule has 0 atom stereocenters. The number of carboxylic acid groups (broad SMARTS) is 1. The third-order valence-electron chi connectivity index (χ3n) is 2.76. The van der Waals surface area contributed by atoms with E-state index < -0.39 is 11.8 Å². The van der Waals surface area contributed by atoms with Crippen molar-refractivity contribution in [1.82, 2.24) is 5.16 Å². The van der Waals surface area contributed by atoms with Gasteiger partial charge in [0.1, 0.15) is 17.1 Å². The van der Waals surface area contributed by atoms with E-state index in [2.05, 4.69) is 21.1 Å². The maximum absolute atomic E-state index is 13.2. The van der Waals surface area contributed by atoms with Gasteiger partial charge >= 0.3 is 5.97 Å². The molecule has 1 N–H and O–H groups in total. The number of benzene rings is 1. The van der Waals surface area contributed by atoms with Crippen LogP contribution in [0.3, 0.4) is 0 Å². The first-order valence-electron chi connectivity index (χ1n) is 6.07. The van der Waals surface area contributed by atoms with E-state index in [0.717, 1.165) is 0 Å². The van der Waals surface area contributed by atoms with Gasteiger partial charge in [0, 0.05) is 12.0 Å². The number of hydrogen-bond donors (Lipinski definition) is 1. The van der Waals surface area contributed by atoms with Gasteiger partial charge in [0.2, 0.25) is 0 Å². The minimum atomic E-state index is -1.10. The monoisotopic (exact) mass is 341 g/mol. The Morgan fingerprint density at radius 3 is 2.75 bits per heavy atom. The van der Waals surface area contributed by atoms with Crippen LogP contribution in [0.4, 0.5) is 4.39 Å². The van der Waals surface area contributed by atoms with Gasteiger partial charge in [0.15, 0.2) is 5.76 Å². The highest BCUT2D eigenvalue weighted by atomic mass is 79.9. The summed E-state index contributed by atoms with van der Waals surface area (Å²) >= 11 is 3.07. The highest BCUT2D eigenvalue weighted by Gasteiger charge is 2.24. The fourth-order valence-electron chi connectivity index (χ4n) is 1.90. The zero-order chi connectivity index (χ0) is 14.9. The second-order valence-electron chi connectivity index (χ2n) is 4.86. The van der Waals surface area contributed by atoms with Crippen molar-refractivity contribution in [2.75, 3.05) is 0 Å². The van der Waals surface area contributed by atoms with Crippen LogP contribution in [0, 0.1) is 11.7 Å². The number of aromatic carboxylic acids is 1. The van der Waals surface area contributed by atoms with E-state index in [-0.39, 0.29) is 21.6 Å². The molecule has 0 spiro atoms. The van der Waals surface area contributed by atoms with E-state index in [1.807, 2.05) is 13.8 Å². The second-order valence-corrected chi connectivity index (χ2v) is 5.72. The molecule has 1 heterocycles. The molecule has 1 aromatic carbocycles. The predicted octanol–water partition coefficient (Wildman–Crippen LogP) is 4.14. The summed E-state index contributed by atoms with van der Waals surface area (Å²) in [5.41, 5.74) is 0.750. The van der Waals surface area contributed by atoms with Crippen LogP contribution in [0.2, 0.25) is 0 Å². The smallest absolute Gasteiger partial charge is 0.341 e. The molecule has 106 valence electrons. The lowest BCUT2D eigenvalue weighted by molar-refractivity contribution is 0.0695. The van der Waals surface area contributed by atoms with Crippen LogP contribution in [-0.2, 0) is 6.42 Å². The van der Waals surface area contributed by atoms with Crippen molar-refractivity contribution in [3.8, 4) is 11.3 Å². The van der Waals surface area contributed by atoms with Crippen molar-refractivity contribution < 1.29 is 18.8 Å². The van der Waals surface area contributed by atoms with Crippen molar-refractivity contribution >= 4 is 21.9 Å². The van der Waals surface area contributed by atoms with E-state index in [1.165, 1.54) is 18.2 Å². The fourth-order valence-corrected chi connectivity index (χ4v) is 2.27. The summed E-state index contributed by atoms with van der Waals surface area (Å²) in [5, 5.41) is 13.2. The van der Waals surface area contributed by atoms with Gasteiger partial charge in [-0.3, -0.25) is 0 Å². The molecule has 2 aromatic rings. The largest absolute Gasteiger partial charge is 0.477 e. The third kappa shape index (κ3) is 2.90. The van der Waals surface area contributed by atoms with Crippen LogP contribution < -0.4 is 0 Å². The minimum absolute atomic E-state index is 0.0391. The summed E-state index contributed by atoms with van der Waals surface area (Å²) in [5.74, 6) is -0.939. The van der Waals surface area contributed by atoms with E-state index >= 15 is 0 Å². The Hall–Kier alpha value is -1.69. The number of hydrogen-bond acceptors (Lipinski definition) is 3. The number of aromatic nitrogens is 1. The van der Waals surface area contributed by atoms with Crippen molar-refractivity contribution in [3.63, 3.8) is 0 Å². The summed E-state index contributed by atoms with van der Waals surface area (Å²) in [7, 11) is 0. The Balaban J connectivity index is 2.53. The molecule has 0 aliphatic heterocycles. The number of carboxylic acids is 1. The molecule has 6 heteroatoms. The molecule has 2 rings (SSSR count). The number of halogens is 2. The Bertz CT molecular complexity index is 652. The second kappa shape index (κ2) is 5.75. The molecule has 0 saturated heterocycles. The standard InChI is InChI=1S/C14H13BrFNO3/c1-7(2)5-11-12(14(18)19)13(17-20-11)8-3-4-10(16)9(15)6-8/h3-4,6-7H,5H2,1-2H3,(H,18,19). The fraction of sp³-hybridized carbons (Fsp3) is 0.286. The molecule has 20 heavy (non-hydrogen) atoms. The van der Waals surface area contributed by atoms with E-state index in [1.54, 1.807) is 0 Å². The zero-order valence-electron chi connectivity index (χ0n) is 11.0. The summed E-state index contributed by atoms with van der Waals surface area (Å²) in [6.45, 7) is 3.92. The SMILES string of the molecule is CC(C)Cc1onc(-c2ccc(F)c(Br)c2)c1C(=O)O. The number of carbonyl (C=O) groups is 1. The van der Waals surface area contributed by atoms with E-state index in [9.17, 15) is 14.3 Å². The van der Waals surface area contributed by atoms with Gasteiger partial charge < -0.3 is 9.63 Å². The van der Waals surface area contributed by atoms with Crippen LogP contribution >= 0.6 is 15.9 Å². The summed E-state index contributed by atoms with van der Waals surface area (Å²) in [6.07, 6.45) is 0.483. The molecule has 0 unspecified atom stereocenters. The average molecular weight is 342 g/mol. The van der Waals surface area contributed by atoms with Crippen LogP contribution in [0.5, 0.6) is 0 Å². The maximum atomic E-state index is 13.2. The molecule has 0 bridgehead atoms. The Kier molecular flexibility index (Phi) is 4.23. The number of nitrogens with zero attached hydrogens (tertiary/aromatic N) is 1.